The van der Waals surface area contributed by atoms with Crippen molar-refractivity contribution in [2.24, 2.45) is 11.8 Å². The van der Waals surface area contributed by atoms with Gasteiger partial charge in [0, 0.05) is 13.2 Å². The van der Waals surface area contributed by atoms with Crippen molar-refractivity contribution in [3.05, 3.63) is 0 Å². The molecule has 4 heteroatoms. The second-order valence-electron chi connectivity index (χ2n) is 5.23. The van der Waals surface area contributed by atoms with Crippen molar-refractivity contribution >= 4 is 0 Å². The van der Waals surface area contributed by atoms with Gasteiger partial charge in [0.25, 0.3) is 0 Å². The normalized spacial score (nSPS) is 26.8. The van der Waals surface area contributed by atoms with Gasteiger partial charge in [0.15, 0.2) is 0 Å². The summed E-state index contributed by atoms with van der Waals surface area (Å²) in [6, 6.07) is 0. The average Bonchev–Trinajstić information content (AvgIpc) is 2.14. The van der Waals surface area contributed by atoms with Crippen LogP contribution in [0.5, 0.6) is 0 Å². The highest BCUT2D eigenvalue weighted by Crippen LogP contribution is 2.25. The van der Waals surface area contributed by atoms with Crippen LogP contribution in [-0.2, 0) is 4.74 Å². The molecule has 0 heterocycles. The van der Waals surface area contributed by atoms with E-state index in [1.165, 1.54) is 0 Å². The second-order valence-corrected chi connectivity index (χ2v) is 5.23. The summed E-state index contributed by atoms with van der Waals surface area (Å²) in [4.78, 5) is 0. The summed E-state index contributed by atoms with van der Waals surface area (Å²) in [5, 5.41) is 21.9. The van der Waals surface area contributed by atoms with Crippen LogP contribution >= 0.6 is 0 Å². The summed E-state index contributed by atoms with van der Waals surface area (Å²) in [6.07, 6.45) is 1.27. The zero-order valence-corrected chi connectivity index (χ0v) is 10.4. The lowest BCUT2D eigenvalue weighted by Gasteiger charge is -2.31. The zero-order valence-electron chi connectivity index (χ0n) is 10.4. The molecule has 0 spiro atoms. The molecule has 16 heavy (non-hydrogen) atoms. The first-order valence-electron chi connectivity index (χ1n) is 6.22. The molecule has 4 nitrogen and oxygen atoms in total. The van der Waals surface area contributed by atoms with Crippen LogP contribution in [-0.4, -0.2) is 48.7 Å². The minimum atomic E-state index is -0.427. The standard InChI is InChI=1S/C12H25NO3/c1-9(2)7-16-8-12(15)6-13-5-10-3-11(14)4-10/h9-15H,3-8H2,1-2H3. The molecule has 0 radical (unpaired) electrons. The van der Waals surface area contributed by atoms with Gasteiger partial charge in [-0.2, -0.15) is 0 Å². The van der Waals surface area contributed by atoms with Crippen molar-refractivity contribution in [1.29, 1.82) is 0 Å². The van der Waals surface area contributed by atoms with Gasteiger partial charge in [0.05, 0.1) is 18.8 Å². The number of hydrogen-bond donors (Lipinski definition) is 3. The lowest BCUT2D eigenvalue weighted by Crippen LogP contribution is -2.39. The monoisotopic (exact) mass is 231 g/mol. The Morgan fingerprint density at radius 3 is 2.56 bits per heavy atom. The molecule has 0 bridgehead atoms. The largest absolute Gasteiger partial charge is 0.393 e. The van der Waals surface area contributed by atoms with Gasteiger partial charge in [-0.05, 0) is 31.2 Å². The number of hydrogen-bond acceptors (Lipinski definition) is 4. The minimum absolute atomic E-state index is 0.0916. The van der Waals surface area contributed by atoms with Crippen molar-refractivity contribution in [2.75, 3.05) is 26.3 Å². The lowest BCUT2D eigenvalue weighted by atomic mass is 9.82. The molecule has 0 aromatic carbocycles. The smallest absolute Gasteiger partial charge is 0.0897 e. The molecule has 1 aliphatic rings. The Kier molecular flexibility index (Phi) is 6.28. The van der Waals surface area contributed by atoms with Gasteiger partial charge in [-0.1, -0.05) is 13.8 Å². The zero-order chi connectivity index (χ0) is 12.0. The fraction of sp³-hybridized carbons (Fsp3) is 1.00. The van der Waals surface area contributed by atoms with E-state index in [4.69, 9.17) is 9.84 Å². The summed E-state index contributed by atoms with van der Waals surface area (Å²) in [5.74, 6) is 1.09. The molecule has 1 atom stereocenters. The highest BCUT2D eigenvalue weighted by Gasteiger charge is 2.26. The van der Waals surface area contributed by atoms with Crippen molar-refractivity contribution in [1.82, 2.24) is 5.32 Å². The van der Waals surface area contributed by atoms with Crippen LogP contribution in [0.3, 0.4) is 0 Å². The summed E-state index contributed by atoms with van der Waals surface area (Å²) in [5.41, 5.74) is 0. The summed E-state index contributed by atoms with van der Waals surface area (Å²) in [6.45, 7) is 6.74. The highest BCUT2D eigenvalue weighted by atomic mass is 16.5. The molecule has 0 aliphatic heterocycles. The Labute approximate surface area is 98.0 Å². The molecule has 0 saturated heterocycles. The first-order chi connectivity index (χ1) is 7.58. The topological polar surface area (TPSA) is 61.7 Å². The molecule has 0 amide bonds. The number of nitrogens with one attached hydrogen (secondary N) is 1. The third-order valence-electron chi connectivity index (χ3n) is 2.79. The fourth-order valence-corrected chi connectivity index (χ4v) is 1.82. The molecular weight excluding hydrogens is 206 g/mol. The van der Waals surface area contributed by atoms with Crippen LogP contribution in [0.15, 0.2) is 0 Å². The number of rotatable bonds is 8. The van der Waals surface area contributed by atoms with Crippen LogP contribution in [0.1, 0.15) is 26.7 Å². The van der Waals surface area contributed by atoms with E-state index in [-0.39, 0.29) is 6.10 Å². The van der Waals surface area contributed by atoms with E-state index in [1.54, 1.807) is 0 Å². The van der Waals surface area contributed by atoms with Crippen molar-refractivity contribution in [2.45, 2.75) is 38.9 Å². The molecule has 1 aliphatic carbocycles. The van der Waals surface area contributed by atoms with Gasteiger partial charge in [-0.15, -0.1) is 0 Å². The Morgan fingerprint density at radius 2 is 2.00 bits per heavy atom. The van der Waals surface area contributed by atoms with E-state index in [0.717, 1.165) is 19.4 Å². The molecule has 1 saturated carbocycles. The van der Waals surface area contributed by atoms with E-state index in [9.17, 15) is 5.11 Å². The SMILES string of the molecule is CC(C)COCC(O)CNCC1CC(O)C1. The molecular formula is C12H25NO3. The molecule has 1 rings (SSSR count). The molecule has 0 aromatic rings. The maximum Gasteiger partial charge on any atom is 0.0897 e. The number of aliphatic hydroxyl groups excluding tert-OH is 2. The van der Waals surface area contributed by atoms with E-state index in [2.05, 4.69) is 19.2 Å². The Bertz CT molecular complexity index is 181. The highest BCUT2D eigenvalue weighted by molar-refractivity contribution is 4.80. The van der Waals surface area contributed by atoms with E-state index in [0.29, 0.717) is 31.6 Å². The van der Waals surface area contributed by atoms with Gasteiger partial charge in [-0.3, -0.25) is 0 Å². The predicted molar refractivity (Wildman–Crippen MR) is 63.3 cm³/mol. The van der Waals surface area contributed by atoms with Gasteiger partial charge in [-0.25, -0.2) is 0 Å². The van der Waals surface area contributed by atoms with Crippen molar-refractivity contribution in [3.63, 3.8) is 0 Å². The Morgan fingerprint density at radius 1 is 1.31 bits per heavy atom. The Hall–Kier alpha value is -0.160. The van der Waals surface area contributed by atoms with Crippen LogP contribution < -0.4 is 5.32 Å². The third kappa shape index (κ3) is 5.80. The van der Waals surface area contributed by atoms with E-state index in [1.807, 2.05) is 0 Å². The molecule has 1 fully saturated rings. The molecule has 3 N–H and O–H groups in total. The van der Waals surface area contributed by atoms with Crippen LogP contribution in [0.2, 0.25) is 0 Å². The maximum absolute atomic E-state index is 9.58. The Balaban J connectivity index is 1.88. The summed E-state index contributed by atoms with van der Waals surface area (Å²) >= 11 is 0. The quantitative estimate of drug-likeness (QED) is 0.565. The lowest BCUT2D eigenvalue weighted by molar-refractivity contribution is 0.0203. The minimum Gasteiger partial charge on any atom is -0.393 e. The van der Waals surface area contributed by atoms with Crippen LogP contribution in [0.4, 0.5) is 0 Å². The van der Waals surface area contributed by atoms with Crippen LogP contribution in [0, 0.1) is 11.8 Å². The summed E-state index contributed by atoms with van der Waals surface area (Å²) in [7, 11) is 0. The van der Waals surface area contributed by atoms with Crippen molar-refractivity contribution < 1.29 is 14.9 Å². The van der Waals surface area contributed by atoms with Gasteiger partial charge in [0.1, 0.15) is 0 Å². The second kappa shape index (κ2) is 7.22. The summed E-state index contributed by atoms with van der Waals surface area (Å²) < 4.78 is 5.34. The fourth-order valence-electron chi connectivity index (χ4n) is 1.82. The first kappa shape index (κ1) is 13.9. The first-order valence-corrected chi connectivity index (χ1v) is 6.22. The van der Waals surface area contributed by atoms with Crippen LogP contribution in [0.25, 0.3) is 0 Å². The van der Waals surface area contributed by atoms with Gasteiger partial charge >= 0.3 is 0 Å². The van der Waals surface area contributed by atoms with E-state index < -0.39 is 6.10 Å². The molecule has 1 unspecified atom stereocenters. The van der Waals surface area contributed by atoms with E-state index >= 15 is 0 Å². The van der Waals surface area contributed by atoms with Gasteiger partial charge < -0.3 is 20.3 Å². The third-order valence-corrected chi connectivity index (χ3v) is 2.79. The van der Waals surface area contributed by atoms with Crippen molar-refractivity contribution in [3.8, 4) is 0 Å². The average molecular weight is 231 g/mol. The number of aliphatic hydroxyl groups is 2. The number of ether oxygens (including phenoxy) is 1. The maximum atomic E-state index is 9.58. The predicted octanol–water partition coefficient (Wildman–Crippen LogP) is 0.380. The molecule has 96 valence electrons. The van der Waals surface area contributed by atoms with Gasteiger partial charge in [0.2, 0.25) is 0 Å². The molecule has 0 aromatic heterocycles.